The van der Waals surface area contributed by atoms with Crippen LogP contribution < -0.4 is 5.32 Å². The molecule has 1 saturated heterocycles. The van der Waals surface area contributed by atoms with Crippen molar-refractivity contribution in [2.45, 2.75) is 13.0 Å². The van der Waals surface area contributed by atoms with E-state index in [1.165, 1.54) is 0 Å². The number of morpholine rings is 1. The Morgan fingerprint density at radius 1 is 1.64 bits per heavy atom. The maximum Gasteiger partial charge on any atom is 0.0826 e. The summed E-state index contributed by atoms with van der Waals surface area (Å²) in [6.45, 7) is 6.90. The van der Waals surface area contributed by atoms with E-state index in [1.54, 1.807) is 0 Å². The lowest BCUT2D eigenvalue weighted by atomic mass is 10.2. The standard InChI is InChI=1S/C10H22N2O2/c1-9(8-13)6-12(2)7-10-5-11-3-4-14-10/h9-11,13H,3-8H2,1-2H3. The molecule has 0 spiro atoms. The normalized spacial score (nSPS) is 25.3. The lowest BCUT2D eigenvalue weighted by Gasteiger charge is -2.29. The molecule has 1 aliphatic rings. The van der Waals surface area contributed by atoms with Crippen molar-refractivity contribution in [3.63, 3.8) is 0 Å². The zero-order valence-electron chi connectivity index (χ0n) is 9.20. The van der Waals surface area contributed by atoms with E-state index in [2.05, 4.69) is 24.2 Å². The number of nitrogens with one attached hydrogen (secondary N) is 1. The van der Waals surface area contributed by atoms with Crippen LogP contribution in [0.2, 0.25) is 0 Å². The number of aliphatic hydroxyl groups is 1. The molecule has 14 heavy (non-hydrogen) atoms. The second kappa shape index (κ2) is 6.35. The van der Waals surface area contributed by atoms with Gasteiger partial charge in [0.1, 0.15) is 0 Å². The molecule has 0 radical (unpaired) electrons. The number of ether oxygens (including phenoxy) is 1. The van der Waals surface area contributed by atoms with Crippen LogP contribution in [0.25, 0.3) is 0 Å². The summed E-state index contributed by atoms with van der Waals surface area (Å²) in [5.41, 5.74) is 0. The zero-order chi connectivity index (χ0) is 10.4. The maximum atomic E-state index is 8.92. The van der Waals surface area contributed by atoms with Crippen LogP contribution in [0.15, 0.2) is 0 Å². The third-order valence-electron chi connectivity index (χ3n) is 2.45. The van der Waals surface area contributed by atoms with E-state index < -0.39 is 0 Å². The van der Waals surface area contributed by atoms with Crippen molar-refractivity contribution in [2.24, 2.45) is 5.92 Å². The van der Waals surface area contributed by atoms with E-state index in [1.807, 2.05) is 0 Å². The molecular weight excluding hydrogens is 180 g/mol. The number of rotatable bonds is 5. The van der Waals surface area contributed by atoms with Gasteiger partial charge in [-0.15, -0.1) is 0 Å². The molecule has 2 atom stereocenters. The van der Waals surface area contributed by atoms with Gasteiger partial charge in [-0.25, -0.2) is 0 Å². The van der Waals surface area contributed by atoms with Gasteiger partial charge in [0.15, 0.2) is 0 Å². The Hall–Kier alpha value is -0.160. The second-order valence-electron chi connectivity index (χ2n) is 4.21. The summed E-state index contributed by atoms with van der Waals surface area (Å²) < 4.78 is 5.60. The molecule has 2 unspecified atom stereocenters. The van der Waals surface area contributed by atoms with E-state index >= 15 is 0 Å². The van der Waals surface area contributed by atoms with Crippen LogP contribution in [0.4, 0.5) is 0 Å². The Bertz CT molecular complexity index is 149. The highest BCUT2D eigenvalue weighted by Crippen LogP contribution is 2.01. The van der Waals surface area contributed by atoms with Gasteiger partial charge in [-0.2, -0.15) is 0 Å². The highest BCUT2D eigenvalue weighted by molar-refractivity contribution is 4.71. The number of hydrogen-bond acceptors (Lipinski definition) is 4. The third-order valence-corrected chi connectivity index (χ3v) is 2.45. The minimum absolute atomic E-state index is 0.258. The fourth-order valence-electron chi connectivity index (χ4n) is 1.75. The molecule has 0 aromatic carbocycles. The first-order valence-electron chi connectivity index (χ1n) is 5.34. The van der Waals surface area contributed by atoms with E-state index in [9.17, 15) is 0 Å². The van der Waals surface area contributed by atoms with Gasteiger partial charge in [-0.05, 0) is 13.0 Å². The highest BCUT2D eigenvalue weighted by Gasteiger charge is 2.16. The number of aliphatic hydroxyl groups excluding tert-OH is 1. The number of hydrogen-bond donors (Lipinski definition) is 2. The molecule has 4 nitrogen and oxygen atoms in total. The average Bonchev–Trinajstić information content (AvgIpc) is 2.19. The Morgan fingerprint density at radius 2 is 2.43 bits per heavy atom. The molecular formula is C10H22N2O2. The third kappa shape index (κ3) is 4.37. The SMILES string of the molecule is CC(CO)CN(C)CC1CNCCO1. The molecule has 0 bridgehead atoms. The first-order chi connectivity index (χ1) is 6.72. The lowest BCUT2D eigenvalue weighted by molar-refractivity contribution is 0.00690. The summed E-state index contributed by atoms with van der Waals surface area (Å²) in [6, 6.07) is 0. The van der Waals surface area contributed by atoms with Crippen LogP contribution in [0, 0.1) is 5.92 Å². The van der Waals surface area contributed by atoms with E-state index in [-0.39, 0.29) is 6.61 Å². The molecule has 4 heteroatoms. The van der Waals surface area contributed by atoms with Gasteiger partial charge >= 0.3 is 0 Å². The number of nitrogens with zero attached hydrogens (tertiary/aromatic N) is 1. The molecule has 2 N–H and O–H groups in total. The molecule has 84 valence electrons. The van der Waals surface area contributed by atoms with Crippen molar-refractivity contribution in [2.75, 3.05) is 46.4 Å². The summed E-state index contributed by atoms with van der Waals surface area (Å²) >= 11 is 0. The molecule has 1 heterocycles. The summed E-state index contributed by atoms with van der Waals surface area (Å²) in [7, 11) is 2.07. The van der Waals surface area contributed by atoms with E-state index in [0.717, 1.165) is 32.8 Å². The van der Waals surface area contributed by atoms with Gasteiger partial charge in [0.05, 0.1) is 12.7 Å². The van der Waals surface area contributed by atoms with Crippen molar-refractivity contribution in [3.8, 4) is 0 Å². The predicted octanol–water partition coefficient (Wildman–Crippen LogP) is -0.465. The quantitative estimate of drug-likeness (QED) is 0.633. The Kier molecular flexibility index (Phi) is 5.40. The topological polar surface area (TPSA) is 44.7 Å². The zero-order valence-corrected chi connectivity index (χ0v) is 9.20. The predicted molar refractivity (Wildman–Crippen MR) is 56.4 cm³/mol. The van der Waals surface area contributed by atoms with Crippen LogP contribution in [-0.2, 0) is 4.74 Å². The average molecular weight is 202 g/mol. The van der Waals surface area contributed by atoms with Gasteiger partial charge in [0.2, 0.25) is 0 Å². The first-order valence-corrected chi connectivity index (χ1v) is 5.34. The van der Waals surface area contributed by atoms with Crippen molar-refractivity contribution >= 4 is 0 Å². The molecule has 0 aromatic heterocycles. The first kappa shape index (κ1) is 11.9. The molecule has 1 fully saturated rings. The van der Waals surface area contributed by atoms with Crippen molar-refractivity contribution in [3.05, 3.63) is 0 Å². The molecule has 0 saturated carbocycles. The maximum absolute atomic E-state index is 8.92. The second-order valence-corrected chi connectivity index (χ2v) is 4.21. The summed E-state index contributed by atoms with van der Waals surface area (Å²) in [5, 5.41) is 12.2. The highest BCUT2D eigenvalue weighted by atomic mass is 16.5. The monoisotopic (exact) mass is 202 g/mol. The fourth-order valence-corrected chi connectivity index (χ4v) is 1.75. The van der Waals surface area contributed by atoms with Crippen LogP contribution in [0.3, 0.4) is 0 Å². The van der Waals surface area contributed by atoms with Crippen LogP contribution in [0.5, 0.6) is 0 Å². The van der Waals surface area contributed by atoms with Gasteiger partial charge < -0.3 is 20.1 Å². The largest absolute Gasteiger partial charge is 0.396 e. The van der Waals surface area contributed by atoms with Gasteiger partial charge in [0, 0.05) is 32.8 Å². The smallest absolute Gasteiger partial charge is 0.0826 e. The van der Waals surface area contributed by atoms with E-state index in [4.69, 9.17) is 9.84 Å². The van der Waals surface area contributed by atoms with Crippen LogP contribution >= 0.6 is 0 Å². The molecule has 0 aliphatic carbocycles. The minimum Gasteiger partial charge on any atom is -0.396 e. The fraction of sp³-hybridized carbons (Fsp3) is 1.00. The molecule has 0 amide bonds. The summed E-state index contributed by atoms with van der Waals surface area (Å²) in [6.07, 6.45) is 0.305. The summed E-state index contributed by atoms with van der Waals surface area (Å²) in [5.74, 6) is 0.344. The van der Waals surface area contributed by atoms with Crippen molar-refractivity contribution in [1.82, 2.24) is 10.2 Å². The Balaban J connectivity index is 2.14. The summed E-state index contributed by atoms with van der Waals surface area (Å²) in [4.78, 5) is 2.22. The van der Waals surface area contributed by atoms with Gasteiger partial charge in [-0.3, -0.25) is 0 Å². The number of likely N-dealkylation sites (N-methyl/N-ethyl adjacent to an activating group) is 1. The van der Waals surface area contributed by atoms with Crippen molar-refractivity contribution < 1.29 is 9.84 Å². The van der Waals surface area contributed by atoms with Crippen molar-refractivity contribution in [1.29, 1.82) is 0 Å². The van der Waals surface area contributed by atoms with E-state index in [0.29, 0.717) is 12.0 Å². The van der Waals surface area contributed by atoms with Crippen LogP contribution in [-0.4, -0.2) is 62.6 Å². The van der Waals surface area contributed by atoms with Crippen LogP contribution in [0.1, 0.15) is 6.92 Å². The molecule has 1 rings (SSSR count). The molecule has 0 aromatic rings. The van der Waals surface area contributed by atoms with Gasteiger partial charge in [0.25, 0.3) is 0 Å². The Morgan fingerprint density at radius 3 is 3.00 bits per heavy atom. The molecule has 1 aliphatic heterocycles. The van der Waals surface area contributed by atoms with Gasteiger partial charge in [-0.1, -0.05) is 6.92 Å². The Labute approximate surface area is 86.2 Å². The minimum atomic E-state index is 0.258. The lowest BCUT2D eigenvalue weighted by Crippen LogP contribution is -2.45.